The summed E-state index contributed by atoms with van der Waals surface area (Å²) in [6.45, 7) is 4.05. The Kier molecular flexibility index (Phi) is 6.63. The first-order valence-electron chi connectivity index (χ1n) is 10.5. The van der Waals surface area contributed by atoms with Crippen LogP contribution in [0.1, 0.15) is 51.9 Å². The Morgan fingerprint density at radius 1 is 1.10 bits per heavy atom. The minimum absolute atomic E-state index is 0.0535. The molecule has 0 aliphatic carbocycles. The van der Waals surface area contributed by atoms with E-state index in [1.165, 1.54) is 12.7 Å². The number of carbonyl (C=O) groups is 1. The molecule has 1 aliphatic heterocycles. The minimum atomic E-state index is -0.247. The molecule has 1 N–H and O–H groups in total. The Morgan fingerprint density at radius 3 is 2.58 bits per heavy atom. The number of nitrogens with one attached hydrogen (secondary N) is 1. The van der Waals surface area contributed by atoms with Gasteiger partial charge < -0.3 is 19.2 Å². The highest BCUT2D eigenvalue weighted by Gasteiger charge is 2.31. The third-order valence-corrected chi connectivity index (χ3v) is 6.62. The lowest BCUT2D eigenvalue weighted by molar-refractivity contribution is 0.0996. The molecule has 1 fully saturated rings. The van der Waals surface area contributed by atoms with Gasteiger partial charge in [-0.1, -0.05) is 6.42 Å². The second kappa shape index (κ2) is 9.58. The first-order chi connectivity index (χ1) is 15.1. The number of ether oxygens (including phenoxy) is 2. The fraction of sp³-hybridized carbons (Fsp3) is 0.375. The molecule has 0 saturated carbocycles. The molecule has 0 bridgehead atoms. The van der Waals surface area contributed by atoms with Crippen LogP contribution in [0, 0.1) is 6.92 Å². The molecule has 0 radical (unpaired) electrons. The molecule has 1 aliphatic rings. The number of thiophene rings is 1. The number of nitrogens with zero attached hydrogens (tertiary/aromatic N) is 1. The van der Waals surface area contributed by atoms with Gasteiger partial charge in [-0.3, -0.25) is 9.69 Å². The van der Waals surface area contributed by atoms with Crippen molar-refractivity contribution >= 4 is 22.2 Å². The van der Waals surface area contributed by atoms with Crippen molar-refractivity contribution in [1.29, 1.82) is 0 Å². The van der Waals surface area contributed by atoms with Crippen LogP contribution >= 0.6 is 11.3 Å². The van der Waals surface area contributed by atoms with Crippen LogP contribution in [0.5, 0.6) is 11.5 Å². The molecular weight excluding hydrogens is 412 g/mol. The maximum atomic E-state index is 12.7. The fourth-order valence-electron chi connectivity index (χ4n) is 4.20. The second-order valence-corrected chi connectivity index (χ2v) is 8.94. The monoisotopic (exact) mass is 440 g/mol. The fourth-order valence-corrected chi connectivity index (χ4v) is 5.14. The Bertz CT molecular complexity index is 1020. The van der Waals surface area contributed by atoms with Crippen LogP contribution in [-0.4, -0.2) is 38.1 Å². The number of amides is 1. The highest BCUT2D eigenvalue weighted by Crippen LogP contribution is 2.43. The number of furan rings is 1. The Labute approximate surface area is 186 Å². The Morgan fingerprint density at radius 2 is 1.90 bits per heavy atom. The van der Waals surface area contributed by atoms with E-state index in [-0.39, 0.29) is 11.9 Å². The molecule has 31 heavy (non-hydrogen) atoms. The number of piperidine rings is 1. The van der Waals surface area contributed by atoms with Gasteiger partial charge in [-0.15, -0.1) is 11.3 Å². The summed E-state index contributed by atoms with van der Waals surface area (Å²) < 4.78 is 16.6. The van der Waals surface area contributed by atoms with Crippen LogP contribution < -0.4 is 14.8 Å². The van der Waals surface area contributed by atoms with E-state index in [0.29, 0.717) is 5.76 Å². The van der Waals surface area contributed by atoms with Gasteiger partial charge in [0.1, 0.15) is 16.5 Å². The van der Waals surface area contributed by atoms with Crippen LogP contribution in [0.25, 0.3) is 0 Å². The lowest BCUT2D eigenvalue weighted by atomic mass is 9.95. The lowest BCUT2D eigenvalue weighted by Gasteiger charge is -2.36. The normalized spacial score (nSPS) is 15.5. The van der Waals surface area contributed by atoms with Crippen molar-refractivity contribution in [3.8, 4) is 11.5 Å². The molecule has 164 valence electrons. The van der Waals surface area contributed by atoms with Gasteiger partial charge in [-0.2, -0.15) is 0 Å². The smallest absolute Gasteiger partial charge is 0.291 e. The van der Waals surface area contributed by atoms with E-state index >= 15 is 0 Å². The number of aryl methyl sites for hydroxylation is 1. The van der Waals surface area contributed by atoms with Crippen molar-refractivity contribution in [1.82, 2.24) is 4.90 Å². The average molecular weight is 441 g/mol. The maximum Gasteiger partial charge on any atom is 0.291 e. The first-order valence-corrected chi connectivity index (χ1v) is 11.3. The quantitative estimate of drug-likeness (QED) is 0.526. The minimum Gasteiger partial charge on any atom is -0.497 e. The van der Waals surface area contributed by atoms with Crippen molar-refractivity contribution in [2.45, 2.75) is 32.2 Å². The molecule has 2 aromatic heterocycles. The van der Waals surface area contributed by atoms with Crippen molar-refractivity contribution in [3.63, 3.8) is 0 Å². The summed E-state index contributed by atoms with van der Waals surface area (Å²) >= 11 is 1.58. The molecule has 4 rings (SSSR count). The van der Waals surface area contributed by atoms with Gasteiger partial charge in [-0.05, 0) is 69.3 Å². The average Bonchev–Trinajstić information content (AvgIpc) is 3.45. The summed E-state index contributed by atoms with van der Waals surface area (Å²) in [5.74, 6) is 1.64. The van der Waals surface area contributed by atoms with Gasteiger partial charge in [0, 0.05) is 16.0 Å². The number of benzene rings is 1. The van der Waals surface area contributed by atoms with Crippen molar-refractivity contribution in [2.75, 3.05) is 32.6 Å². The van der Waals surface area contributed by atoms with E-state index in [1.807, 2.05) is 18.2 Å². The summed E-state index contributed by atoms with van der Waals surface area (Å²) in [6, 6.07) is 11.4. The topological polar surface area (TPSA) is 63.9 Å². The third kappa shape index (κ3) is 4.62. The largest absolute Gasteiger partial charge is 0.497 e. The standard InChI is InChI=1S/C24H28N2O4S/c1-16-14-19(24(31-16)25-23(27)21-8-7-13-30-21)22(26-11-5-4-6-12-26)18-15-17(28-2)9-10-20(18)29-3/h7-10,13-15,22H,4-6,11-12H2,1-3H3,(H,25,27)/t22-/m0/s1. The molecule has 0 spiro atoms. The van der Waals surface area contributed by atoms with E-state index in [0.717, 1.165) is 58.4 Å². The van der Waals surface area contributed by atoms with Crippen molar-refractivity contribution < 1.29 is 18.7 Å². The van der Waals surface area contributed by atoms with Crippen LogP contribution in [0.15, 0.2) is 47.1 Å². The van der Waals surface area contributed by atoms with Gasteiger partial charge in [-0.25, -0.2) is 0 Å². The Hall–Kier alpha value is -2.77. The molecule has 1 saturated heterocycles. The molecular formula is C24H28N2O4S. The number of likely N-dealkylation sites (tertiary alicyclic amines) is 1. The van der Waals surface area contributed by atoms with Gasteiger partial charge in [0.15, 0.2) is 5.76 Å². The summed E-state index contributed by atoms with van der Waals surface area (Å²) in [7, 11) is 3.36. The van der Waals surface area contributed by atoms with Gasteiger partial charge in [0.05, 0.1) is 26.5 Å². The first kappa shape index (κ1) is 21.5. The van der Waals surface area contributed by atoms with Crippen LogP contribution in [0.2, 0.25) is 0 Å². The summed E-state index contributed by atoms with van der Waals surface area (Å²) in [4.78, 5) is 16.3. The van der Waals surface area contributed by atoms with Crippen LogP contribution in [0.4, 0.5) is 5.00 Å². The van der Waals surface area contributed by atoms with E-state index in [2.05, 4.69) is 23.2 Å². The van der Waals surface area contributed by atoms with E-state index in [4.69, 9.17) is 13.9 Å². The highest BCUT2D eigenvalue weighted by atomic mass is 32.1. The predicted octanol–water partition coefficient (Wildman–Crippen LogP) is 5.49. The number of hydrogen-bond donors (Lipinski definition) is 1. The zero-order valence-corrected chi connectivity index (χ0v) is 19.0. The van der Waals surface area contributed by atoms with Crippen molar-refractivity contribution in [3.05, 3.63) is 64.4 Å². The SMILES string of the molecule is COc1ccc(OC)c([C@@H](c2cc(C)sc2NC(=O)c2ccco2)N2CCCCC2)c1. The van der Waals surface area contributed by atoms with Crippen LogP contribution in [-0.2, 0) is 0 Å². The van der Waals surface area contributed by atoms with Crippen molar-refractivity contribution in [2.24, 2.45) is 0 Å². The highest BCUT2D eigenvalue weighted by molar-refractivity contribution is 7.16. The van der Waals surface area contributed by atoms with E-state index < -0.39 is 0 Å². The summed E-state index contributed by atoms with van der Waals surface area (Å²) in [5.41, 5.74) is 2.10. The number of anilines is 1. The molecule has 3 aromatic rings. The third-order valence-electron chi connectivity index (χ3n) is 5.64. The predicted molar refractivity (Wildman–Crippen MR) is 123 cm³/mol. The molecule has 3 heterocycles. The Balaban J connectivity index is 1.79. The molecule has 1 atom stereocenters. The van der Waals surface area contributed by atoms with E-state index in [9.17, 15) is 4.79 Å². The molecule has 7 heteroatoms. The maximum absolute atomic E-state index is 12.7. The van der Waals surface area contributed by atoms with Gasteiger partial charge in [0.25, 0.3) is 5.91 Å². The number of hydrogen-bond acceptors (Lipinski definition) is 6. The molecule has 6 nitrogen and oxygen atoms in total. The van der Waals surface area contributed by atoms with Gasteiger partial charge in [0.2, 0.25) is 0 Å². The molecule has 1 amide bonds. The van der Waals surface area contributed by atoms with Crippen LogP contribution in [0.3, 0.4) is 0 Å². The zero-order valence-electron chi connectivity index (χ0n) is 18.1. The van der Waals surface area contributed by atoms with E-state index in [1.54, 1.807) is 37.7 Å². The summed E-state index contributed by atoms with van der Waals surface area (Å²) in [6.07, 6.45) is 5.05. The number of methoxy groups -OCH3 is 2. The lowest BCUT2D eigenvalue weighted by Crippen LogP contribution is -2.34. The molecule has 0 unspecified atom stereocenters. The zero-order chi connectivity index (χ0) is 21.8. The van der Waals surface area contributed by atoms with Gasteiger partial charge >= 0.3 is 0 Å². The summed E-state index contributed by atoms with van der Waals surface area (Å²) in [5, 5.41) is 3.91. The number of rotatable bonds is 7. The second-order valence-electron chi connectivity index (χ2n) is 7.68. The number of carbonyl (C=O) groups excluding carboxylic acids is 1. The molecule has 1 aromatic carbocycles.